The predicted molar refractivity (Wildman–Crippen MR) is 82.9 cm³/mol. The molecule has 2 heterocycles. The van der Waals surface area contributed by atoms with Gasteiger partial charge in [-0.1, -0.05) is 41.9 Å². The van der Waals surface area contributed by atoms with Gasteiger partial charge in [0.1, 0.15) is 22.2 Å². The average Bonchev–Trinajstić information content (AvgIpc) is 2.55. The van der Waals surface area contributed by atoms with Crippen LogP contribution in [0.25, 0.3) is 22.5 Å². The maximum atomic E-state index is 12.9. The second-order valence-electron chi connectivity index (χ2n) is 4.64. The van der Waals surface area contributed by atoms with Crippen LogP contribution < -0.4 is 5.73 Å². The number of hydrogen-bond acceptors (Lipinski definition) is 5. The minimum atomic E-state index is -2.75. The van der Waals surface area contributed by atoms with Crippen LogP contribution in [0.2, 0.25) is 5.15 Å². The van der Waals surface area contributed by atoms with Crippen molar-refractivity contribution in [3.05, 3.63) is 53.3 Å². The number of hydrogen-bond donors (Lipinski definition) is 1. The van der Waals surface area contributed by atoms with Crippen LogP contribution in [0.5, 0.6) is 0 Å². The lowest BCUT2D eigenvalue weighted by molar-refractivity contribution is 0.146. The zero-order valence-electron chi connectivity index (χ0n) is 11.6. The summed E-state index contributed by atoms with van der Waals surface area (Å²) >= 11 is 5.84. The summed E-state index contributed by atoms with van der Waals surface area (Å²) in [4.78, 5) is 7.78. The van der Waals surface area contributed by atoms with Gasteiger partial charge in [0.25, 0.3) is 6.43 Å². The fourth-order valence-corrected chi connectivity index (χ4v) is 2.31. The Morgan fingerprint density at radius 3 is 2.35 bits per heavy atom. The SMILES string of the molecule is Nc1nnc(-c2cc(Cl)nc(C(F)F)c2)c(-c2ccccc2)n1. The Morgan fingerprint density at radius 2 is 1.65 bits per heavy atom. The van der Waals surface area contributed by atoms with Crippen LogP contribution >= 0.6 is 11.6 Å². The maximum absolute atomic E-state index is 12.9. The van der Waals surface area contributed by atoms with E-state index < -0.39 is 12.1 Å². The largest absolute Gasteiger partial charge is 0.366 e. The number of nitrogen functional groups attached to an aromatic ring is 1. The Hall–Kier alpha value is -2.67. The number of pyridine rings is 1. The van der Waals surface area contributed by atoms with E-state index in [1.165, 1.54) is 12.1 Å². The zero-order valence-corrected chi connectivity index (χ0v) is 12.4. The van der Waals surface area contributed by atoms with Crippen molar-refractivity contribution < 1.29 is 8.78 Å². The Kier molecular flexibility index (Phi) is 4.12. The van der Waals surface area contributed by atoms with Gasteiger partial charge >= 0.3 is 0 Å². The Morgan fingerprint density at radius 1 is 0.913 bits per heavy atom. The fourth-order valence-electron chi connectivity index (χ4n) is 2.10. The lowest BCUT2D eigenvalue weighted by Crippen LogP contribution is -2.03. The Balaban J connectivity index is 2.21. The highest BCUT2D eigenvalue weighted by Crippen LogP contribution is 2.31. The smallest absolute Gasteiger partial charge is 0.280 e. The molecule has 3 rings (SSSR count). The Labute approximate surface area is 135 Å². The number of halogens is 3. The quantitative estimate of drug-likeness (QED) is 0.738. The Bertz CT molecular complexity index is 843. The van der Waals surface area contributed by atoms with Gasteiger partial charge in [0.05, 0.1) is 0 Å². The van der Waals surface area contributed by atoms with E-state index in [2.05, 4.69) is 20.2 Å². The molecule has 1 aromatic carbocycles. The van der Waals surface area contributed by atoms with Gasteiger partial charge in [0, 0.05) is 11.1 Å². The van der Waals surface area contributed by atoms with Gasteiger partial charge in [0.2, 0.25) is 5.95 Å². The molecule has 0 radical (unpaired) electrons. The summed E-state index contributed by atoms with van der Waals surface area (Å²) < 4.78 is 25.9. The third-order valence-electron chi connectivity index (χ3n) is 3.06. The first-order chi connectivity index (χ1) is 11.0. The fraction of sp³-hybridized carbons (Fsp3) is 0.0667. The van der Waals surface area contributed by atoms with E-state index in [0.29, 0.717) is 17.0 Å². The van der Waals surface area contributed by atoms with Crippen molar-refractivity contribution >= 4 is 17.5 Å². The normalized spacial score (nSPS) is 11.0. The maximum Gasteiger partial charge on any atom is 0.280 e. The van der Waals surface area contributed by atoms with E-state index in [-0.39, 0.29) is 11.1 Å². The van der Waals surface area contributed by atoms with Crippen molar-refractivity contribution in [1.82, 2.24) is 20.2 Å². The zero-order chi connectivity index (χ0) is 16.4. The van der Waals surface area contributed by atoms with E-state index >= 15 is 0 Å². The molecule has 5 nitrogen and oxygen atoms in total. The van der Waals surface area contributed by atoms with Crippen molar-refractivity contribution in [2.45, 2.75) is 6.43 Å². The summed E-state index contributed by atoms with van der Waals surface area (Å²) in [5.74, 6) is -0.0122. The molecule has 0 unspecified atom stereocenters. The number of aromatic nitrogens is 4. The minimum Gasteiger partial charge on any atom is -0.366 e. The monoisotopic (exact) mass is 333 g/mol. The van der Waals surface area contributed by atoms with E-state index in [1.54, 1.807) is 0 Å². The second kappa shape index (κ2) is 6.21. The number of anilines is 1. The highest BCUT2D eigenvalue weighted by molar-refractivity contribution is 6.29. The van der Waals surface area contributed by atoms with Gasteiger partial charge in [-0.25, -0.2) is 18.7 Å². The standard InChI is InChI=1S/C15H10ClF2N5/c16-11-7-9(6-10(20-11)14(17)18)13-12(21-15(19)23-22-13)8-4-2-1-3-5-8/h1-7,14H,(H2,19,21,23). The third kappa shape index (κ3) is 3.24. The first kappa shape index (κ1) is 15.2. The molecule has 0 aliphatic carbocycles. The summed E-state index contributed by atoms with van der Waals surface area (Å²) in [7, 11) is 0. The molecule has 2 N–H and O–H groups in total. The molecule has 116 valence electrons. The molecule has 0 spiro atoms. The predicted octanol–water partition coefficient (Wildman–Crippen LogP) is 3.77. The lowest BCUT2D eigenvalue weighted by Gasteiger charge is -2.09. The third-order valence-corrected chi connectivity index (χ3v) is 3.25. The molecule has 0 saturated heterocycles. The molecule has 0 aliphatic rings. The summed E-state index contributed by atoms with van der Waals surface area (Å²) in [6, 6.07) is 11.8. The second-order valence-corrected chi connectivity index (χ2v) is 5.02. The number of nitrogens with two attached hydrogens (primary N) is 1. The molecule has 0 saturated carbocycles. The van der Waals surface area contributed by atoms with Gasteiger partial charge in [-0.05, 0) is 12.1 Å². The molecule has 0 bridgehead atoms. The number of rotatable bonds is 3. The van der Waals surface area contributed by atoms with Gasteiger partial charge in [-0.3, -0.25) is 0 Å². The molecular weight excluding hydrogens is 324 g/mol. The van der Waals surface area contributed by atoms with Gasteiger partial charge < -0.3 is 5.73 Å². The molecule has 3 aromatic rings. The van der Waals surface area contributed by atoms with Crippen LogP contribution in [0.1, 0.15) is 12.1 Å². The van der Waals surface area contributed by atoms with Crippen molar-refractivity contribution in [3.8, 4) is 22.5 Å². The van der Waals surface area contributed by atoms with Crippen molar-refractivity contribution in [3.63, 3.8) is 0 Å². The number of nitrogens with zero attached hydrogens (tertiary/aromatic N) is 4. The van der Waals surface area contributed by atoms with Crippen LogP contribution in [0.3, 0.4) is 0 Å². The van der Waals surface area contributed by atoms with E-state index in [4.69, 9.17) is 17.3 Å². The molecule has 0 atom stereocenters. The first-order valence-corrected chi connectivity index (χ1v) is 6.94. The topological polar surface area (TPSA) is 77.6 Å². The van der Waals surface area contributed by atoms with Crippen LogP contribution in [0.4, 0.5) is 14.7 Å². The molecule has 0 aliphatic heterocycles. The van der Waals surface area contributed by atoms with Crippen LogP contribution in [0, 0.1) is 0 Å². The number of alkyl halides is 2. The average molecular weight is 334 g/mol. The van der Waals surface area contributed by atoms with Crippen molar-refractivity contribution in [2.75, 3.05) is 5.73 Å². The van der Waals surface area contributed by atoms with E-state index in [9.17, 15) is 8.78 Å². The van der Waals surface area contributed by atoms with Crippen LogP contribution in [-0.2, 0) is 0 Å². The van der Waals surface area contributed by atoms with Gasteiger partial charge in [0.15, 0.2) is 0 Å². The molecule has 0 amide bonds. The molecule has 8 heteroatoms. The van der Waals surface area contributed by atoms with Gasteiger partial charge in [-0.15, -0.1) is 10.2 Å². The molecule has 23 heavy (non-hydrogen) atoms. The highest BCUT2D eigenvalue weighted by atomic mass is 35.5. The first-order valence-electron chi connectivity index (χ1n) is 6.56. The van der Waals surface area contributed by atoms with Crippen LogP contribution in [-0.4, -0.2) is 20.2 Å². The number of benzene rings is 1. The summed E-state index contributed by atoms with van der Waals surface area (Å²) in [5, 5.41) is 7.65. The summed E-state index contributed by atoms with van der Waals surface area (Å²) in [6.07, 6.45) is -2.75. The highest BCUT2D eigenvalue weighted by Gasteiger charge is 2.17. The molecule has 2 aromatic heterocycles. The minimum absolute atomic E-state index is 0.0122. The molecule has 0 fully saturated rings. The summed E-state index contributed by atoms with van der Waals surface area (Å²) in [5.41, 5.74) is 6.98. The van der Waals surface area contributed by atoms with E-state index in [1.807, 2.05) is 30.3 Å². The lowest BCUT2D eigenvalue weighted by atomic mass is 10.0. The van der Waals surface area contributed by atoms with Crippen molar-refractivity contribution in [2.24, 2.45) is 0 Å². The molecular formula is C15H10ClF2N5. The van der Waals surface area contributed by atoms with Gasteiger partial charge in [-0.2, -0.15) is 0 Å². The van der Waals surface area contributed by atoms with Crippen molar-refractivity contribution in [1.29, 1.82) is 0 Å². The van der Waals surface area contributed by atoms with Crippen LogP contribution in [0.15, 0.2) is 42.5 Å². The summed E-state index contributed by atoms with van der Waals surface area (Å²) in [6.45, 7) is 0. The van der Waals surface area contributed by atoms with E-state index in [0.717, 1.165) is 5.56 Å².